The predicted molar refractivity (Wildman–Crippen MR) is 95.2 cm³/mol. The first-order chi connectivity index (χ1) is 11.7. The number of rotatable bonds is 5. The molecular weight excluding hydrogens is 342 g/mol. The van der Waals surface area contributed by atoms with Crippen LogP contribution in [0.2, 0.25) is 5.02 Å². The highest BCUT2D eigenvalue weighted by atomic mass is 35.5. The molecule has 5 nitrogen and oxygen atoms in total. The minimum absolute atomic E-state index is 0.621. The van der Waals surface area contributed by atoms with Crippen LogP contribution in [-0.4, -0.2) is 21.1 Å². The number of hydrogen-bond donors (Lipinski definition) is 0. The van der Waals surface area contributed by atoms with Crippen molar-refractivity contribution in [3.63, 3.8) is 0 Å². The van der Waals surface area contributed by atoms with Crippen LogP contribution in [-0.2, 0) is 5.75 Å². The van der Waals surface area contributed by atoms with Crippen LogP contribution in [0.15, 0.2) is 65.1 Å². The summed E-state index contributed by atoms with van der Waals surface area (Å²) in [5, 5.41) is 22.6. The molecule has 0 saturated heterocycles. The van der Waals surface area contributed by atoms with Crippen molar-refractivity contribution in [1.82, 2.24) is 14.9 Å². The monoisotopic (exact) mass is 353 g/mol. The maximum atomic E-state index is 8.80. The van der Waals surface area contributed by atoms with Gasteiger partial charge in [-0.05, 0) is 35.4 Å². The van der Waals surface area contributed by atoms with Gasteiger partial charge in [-0.2, -0.15) is 15.0 Å². The number of thioether (sulfide) groups is 1. The van der Waals surface area contributed by atoms with Gasteiger partial charge in [-0.3, -0.25) is 0 Å². The van der Waals surface area contributed by atoms with E-state index in [1.54, 1.807) is 41.1 Å². The second-order valence-corrected chi connectivity index (χ2v) is 6.23. The molecule has 0 spiro atoms. The van der Waals surface area contributed by atoms with Crippen LogP contribution in [0.1, 0.15) is 16.7 Å². The Morgan fingerprint density at radius 1 is 1.17 bits per heavy atom. The van der Waals surface area contributed by atoms with Crippen LogP contribution >= 0.6 is 23.4 Å². The minimum atomic E-state index is 0.621. The third-order valence-electron chi connectivity index (χ3n) is 3.15. The number of halogens is 1. The Bertz CT molecular complexity index is 879. The van der Waals surface area contributed by atoms with E-state index in [2.05, 4.69) is 21.4 Å². The van der Waals surface area contributed by atoms with Crippen molar-refractivity contribution < 1.29 is 0 Å². The van der Waals surface area contributed by atoms with Gasteiger partial charge >= 0.3 is 0 Å². The van der Waals surface area contributed by atoms with Crippen LogP contribution in [0.4, 0.5) is 0 Å². The largest absolute Gasteiger partial charge is 0.212 e. The lowest BCUT2D eigenvalue weighted by Crippen LogP contribution is -1.93. The zero-order valence-corrected chi connectivity index (χ0v) is 14.1. The molecule has 0 aliphatic heterocycles. The Morgan fingerprint density at radius 3 is 2.62 bits per heavy atom. The summed E-state index contributed by atoms with van der Waals surface area (Å²) in [6.45, 7) is 0. The molecule has 118 valence electrons. The van der Waals surface area contributed by atoms with Crippen molar-refractivity contribution >= 4 is 29.6 Å². The summed E-state index contributed by atoms with van der Waals surface area (Å²) in [6, 6.07) is 17.0. The van der Waals surface area contributed by atoms with E-state index in [9.17, 15) is 0 Å². The zero-order valence-electron chi connectivity index (χ0n) is 12.5. The standard InChI is InChI=1S/C17H12ClN5S/c18-16-7-5-15(6-8-16)11-24-17-22-20-12-23(17)21-10-14-3-1-13(9-19)2-4-14/h1-8,10,12H,11H2/b21-10-. The number of nitriles is 1. The van der Waals surface area contributed by atoms with Gasteiger partial charge in [0.2, 0.25) is 5.16 Å². The summed E-state index contributed by atoms with van der Waals surface area (Å²) in [5.41, 5.74) is 2.67. The lowest BCUT2D eigenvalue weighted by atomic mass is 10.2. The fourth-order valence-electron chi connectivity index (χ4n) is 1.89. The van der Waals surface area contributed by atoms with Crippen molar-refractivity contribution in [3.05, 3.63) is 76.6 Å². The highest BCUT2D eigenvalue weighted by Gasteiger charge is 2.04. The van der Waals surface area contributed by atoms with Gasteiger partial charge in [0.25, 0.3) is 0 Å². The fourth-order valence-corrected chi connectivity index (χ4v) is 2.84. The third kappa shape index (κ3) is 4.22. The molecule has 0 atom stereocenters. The molecule has 0 fully saturated rings. The summed E-state index contributed by atoms with van der Waals surface area (Å²) in [4.78, 5) is 0. The molecule has 0 aliphatic rings. The van der Waals surface area contributed by atoms with E-state index in [1.165, 1.54) is 0 Å². The first kappa shape index (κ1) is 16.2. The Hall–Kier alpha value is -2.62. The van der Waals surface area contributed by atoms with Crippen molar-refractivity contribution in [3.8, 4) is 6.07 Å². The first-order valence-electron chi connectivity index (χ1n) is 7.06. The zero-order chi connectivity index (χ0) is 16.8. The van der Waals surface area contributed by atoms with E-state index in [4.69, 9.17) is 16.9 Å². The van der Waals surface area contributed by atoms with Crippen molar-refractivity contribution in [1.29, 1.82) is 5.26 Å². The van der Waals surface area contributed by atoms with Crippen LogP contribution in [0.25, 0.3) is 0 Å². The molecule has 0 N–H and O–H groups in total. The summed E-state index contributed by atoms with van der Waals surface area (Å²) in [6.07, 6.45) is 3.27. The number of aromatic nitrogens is 3. The maximum Gasteiger partial charge on any atom is 0.212 e. The van der Waals surface area contributed by atoms with Gasteiger partial charge in [0.1, 0.15) is 6.33 Å². The van der Waals surface area contributed by atoms with Crippen molar-refractivity contribution in [2.75, 3.05) is 0 Å². The van der Waals surface area contributed by atoms with Crippen LogP contribution in [0, 0.1) is 11.3 Å². The normalized spacial score (nSPS) is 10.8. The number of benzene rings is 2. The average Bonchev–Trinajstić information content (AvgIpc) is 3.07. The number of hydrogen-bond acceptors (Lipinski definition) is 5. The molecule has 24 heavy (non-hydrogen) atoms. The fraction of sp³-hybridized carbons (Fsp3) is 0.0588. The van der Waals surface area contributed by atoms with Crippen LogP contribution < -0.4 is 0 Å². The van der Waals surface area contributed by atoms with E-state index >= 15 is 0 Å². The molecule has 0 saturated carbocycles. The molecular formula is C17H12ClN5S. The van der Waals surface area contributed by atoms with Gasteiger partial charge in [0.05, 0.1) is 17.8 Å². The Labute approximate surface area is 148 Å². The van der Waals surface area contributed by atoms with Gasteiger partial charge in [0, 0.05) is 10.8 Å². The lowest BCUT2D eigenvalue weighted by molar-refractivity contribution is 0.767. The smallest absolute Gasteiger partial charge is 0.195 e. The second-order valence-electron chi connectivity index (χ2n) is 4.85. The molecule has 3 aromatic rings. The summed E-state index contributed by atoms with van der Waals surface area (Å²) < 4.78 is 1.62. The van der Waals surface area contributed by atoms with E-state index in [0.29, 0.717) is 10.7 Å². The number of nitrogens with zero attached hydrogens (tertiary/aromatic N) is 5. The molecule has 0 aliphatic carbocycles. The molecule has 0 unspecified atom stereocenters. The maximum absolute atomic E-state index is 8.80. The third-order valence-corrected chi connectivity index (χ3v) is 4.41. The van der Waals surface area contributed by atoms with Crippen LogP contribution in [0.5, 0.6) is 0 Å². The van der Waals surface area contributed by atoms with Gasteiger partial charge in [-0.1, -0.05) is 47.6 Å². The topological polar surface area (TPSA) is 66.9 Å². The molecule has 3 rings (SSSR count). The molecule has 7 heteroatoms. The minimum Gasteiger partial charge on any atom is -0.195 e. The molecule has 1 heterocycles. The highest BCUT2D eigenvalue weighted by Crippen LogP contribution is 2.21. The van der Waals surface area contributed by atoms with Crippen molar-refractivity contribution in [2.45, 2.75) is 10.9 Å². The summed E-state index contributed by atoms with van der Waals surface area (Å²) in [7, 11) is 0. The predicted octanol–water partition coefficient (Wildman–Crippen LogP) is 3.98. The second kappa shape index (κ2) is 7.77. The Morgan fingerprint density at radius 2 is 1.92 bits per heavy atom. The van der Waals surface area contributed by atoms with E-state index in [0.717, 1.165) is 21.9 Å². The lowest BCUT2D eigenvalue weighted by Gasteiger charge is -2.01. The average molecular weight is 354 g/mol. The van der Waals surface area contributed by atoms with Crippen molar-refractivity contribution in [2.24, 2.45) is 5.10 Å². The highest BCUT2D eigenvalue weighted by molar-refractivity contribution is 7.98. The van der Waals surface area contributed by atoms with E-state index < -0.39 is 0 Å². The SMILES string of the molecule is N#Cc1ccc(/C=N\n2cnnc2SCc2ccc(Cl)cc2)cc1. The molecule has 1 aromatic heterocycles. The van der Waals surface area contributed by atoms with Gasteiger partial charge < -0.3 is 0 Å². The van der Waals surface area contributed by atoms with Gasteiger partial charge in [-0.15, -0.1) is 10.2 Å². The molecule has 0 radical (unpaired) electrons. The summed E-state index contributed by atoms with van der Waals surface area (Å²) >= 11 is 7.43. The quantitative estimate of drug-likeness (QED) is 0.514. The van der Waals surface area contributed by atoms with E-state index in [1.807, 2.05) is 36.4 Å². The van der Waals surface area contributed by atoms with Crippen LogP contribution in [0.3, 0.4) is 0 Å². The first-order valence-corrected chi connectivity index (χ1v) is 8.43. The Kier molecular flexibility index (Phi) is 5.26. The van der Waals surface area contributed by atoms with Gasteiger partial charge in [-0.25, -0.2) is 0 Å². The molecule has 0 bridgehead atoms. The molecule has 0 amide bonds. The summed E-state index contributed by atoms with van der Waals surface area (Å²) in [5.74, 6) is 0.752. The van der Waals surface area contributed by atoms with E-state index in [-0.39, 0.29) is 0 Å². The molecule has 2 aromatic carbocycles. The Balaban J connectivity index is 1.67. The van der Waals surface area contributed by atoms with Gasteiger partial charge in [0.15, 0.2) is 0 Å².